The van der Waals surface area contributed by atoms with E-state index in [1.54, 1.807) is 31.2 Å². The minimum Gasteiger partial charge on any atom is -0.462 e. The molecule has 0 radical (unpaired) electrons. The summed E-state index contributed by atoms with van der Waals surface area (Å²) in [6, 6.07) is 9.83. The number of alkyl halides is 3. The summed E-state index contributed by atoms with van der Waals surface area (Å²) in [5.74, 6) is -1.37. The van der Waals surface area contributed by atoms with Crippen LogP contribution >= 0.6 is 11.6 Å². The van der Waals surface area contributed by atoms with Crippen LogP contribution in [0, 0.1) is 0 Å². The molecular formula is C24H20ClF3N2O3. The van der Waals surface area contributed by atoms with Crippen LogP contribution in [0.1, 0.15) is 57.3 Å². The fourth-order valence-electron chi connectivity index (χ4n) is 4.06. The molecular weight excluding hydrogens is 457 g/mol. The van der Waals surface area contributed by atoms with Crippen LogP contribution in [0.25, 0.3) is 11.3 Å². The third-order valence-corrected chi connectivity index (χ3v) is 5.89. The number of carbonyl (C=O) groups is 2. The first-order chi connectivity index (χ1) is 15.7. The molecule has 33 heavy (non-hydrogen) atoms. The van der Waals surface area contributed by atoms with Gasteiger partial charge in [-0.2, -0.15) is 23.0 Å². The van der Waals surface area contributed by atoms with Crippen LogP contribution in [-0.4, -0.2) is 28.3 Å². The molecule has 4 rings (SSSR count). The van der Waals surface area contributed by atoms with Crippen LogP contribution in [0.4, 0.5) is 13.2 Å². The Morgan fingerprint density at radius 1 is 1.09 bits per heavy atom. The Morgan fingerprint density at radius 2 is 1.79 bits per heavy atom. The monoisotopic (exact) mass is 476 g/mol. The lowest BCUT2D eigenvalue weighted by Gasteiger charge is -2.16. The van der Waals surface area contributed by atoms with E-state index in [1.807, 2.05) is 0 Å². The van der Waals surface area contributed by atoms with Gasteiger partial charge in [-0.05, 0) is 56.9 Å². The fraction of sp³-hybridized carbons (Fsp3) is 0.292. The molecule has 3 aromatic rings. The van der Waals surface area contributed by atoms with Gasteiger partial charge in [-0.15, -0.1) is 0 Å². The number of ether oxygens (including phenoxy) is 1. The first kappa shape index (κ1) is 23.0. The van der Waals surface area contributed by atoms with E-state index in [1.165, 1.54) is 6.07 Å². The van der Waals surface area contributed by atoms with Crippen molar-refractivity contribution >= 4 is 23.5 Å². The lowest BCUT2D eigenvalue weighted by Crippen LogP contribution is -2.22. The Kier molecular flexibility index (Phi) is 6.30. The average Bonchev–Trinajstić information content (AvgIpc) is 3.18. The van der Waals surface area contributed by atoms with Crippen LogP contribution in [0.2, 0.25) is 5.02 Å². The number of halogens is 4. The Labute approximate surface area is 193 Å². The third kappa shape index (κ3) is 4.39. The van der Waals surface area contributed by atoms with Crippen molar-refractivity contribution in [2.24, 2.45) is 0 Å². The third-order valence-electron chi connectivity index (χ3n) is 5.57. The summed E-state index contributed by atoms with van der Waals surface area (Å²) in [6.45, 7) is 1.97. The summed E-state index contributed by atoms with van der Waals surface area (Å²) >= 11 is 6.05. The molecule has 5 nitrogen and oxygen atoms in total. The van der Waals surface area contributed by atoms with E-state index in [2.05, 4.69) is 5.10 Å². The van der Waals surface area contributed by atoms with Gasteiger partial charge >= 0.3 is 12.1 Å². The second-order valence-corrected chi connectivity index (χ2v) is 8.06. The lowest BCUT2D eigenvalue weighted by molar-refractivity contribution is -0.137. The van der Waals surface area contributed by atoms with Crippen molar-refractivity contribution < 1.29 is 27.5 Å². The van der Waals surface area contributed by atoms with Crippen LogP contribution < -0.4 is 0 Å². The van der Waals surface area contributed by atoms with Gasteiger partial charge in [0.15, 0.2) is 0 Å². The molecule has 0 fully saturated rings. The van der Waals surface area contributed by atoms with Crippen molar-refractivity contribution in [3.05, 3.63) is 75.4 Å². The van der Waals surface area contributed by atoms with Crippen molar-refractivity contribution in [3.8, 4) is 11.3 Å². The van der Waals surface area contributed by atoms with Crippen molar-refractivity contribution in [2.45, 2.75) is 38.8 Å². The average molecular weight is 477 g/mol. The number of esters is 1. The topological polar surface area (TPSA) is 61.2 Å². The number of rotatable bonds is 4. The molecule has 1 aliphatic rings. The molecule has 172 valence electrons. The fourth-order valence-corrected chi connectivity index (χ4v) is 4.32. The highest BCUT2D eigenvalue weighted by atomic mass is 35.5. The predicted octanol–water partition coefficient (Wildman–Crippen LogP) is 5.97. The zero-order valence-corrected chi connectivity index (χ0v) is 18.5. The van der Waals surface area contributed by atoms with Crippen molar-refractivity contribution in [1.82, 2.24) is 9.78 Å². The van der Waals surface area contributed by atoms with Crippen molar-refractivity contribution in [3.63, 3.8) is 0 Å². The van der Waals surface area contributed by atoms with Crippen molar-refractivity contribution in [2.75, 3.05) is 6.61 Å². The Morgan fingerprint density at radius 3 is 2.45 bits per heavy atom. The Hall–Kier alpha value is -3.13. The molecule has 0 atom stereocenters. The first-order valence-electron chi connectivity index (χ1n) is 10.5. The zero-order chi connectivity index (χ0) is 23.8. The summed E-state index contributed by atoms with van der Waals surface area (Å²) in [5.41, 5.74) is 1.22. The normalized spacial score (nSPS) is 13.5. The number of aromatic nitrogens is 2. The molecule has 1 aliphatic carbocycles. The molecule has 0 aliphatic heterocycles. The lowest BCUT2D eigenvalue weighted by atomic mass is 9.93. The van der Waals surface area contributed by atoms with E-state index in [0.29, 0.717) is 35.4 Å². The Balaban J connectivity index is 1.80. The number of carbonyl (C=O) groups excluding carboxylic acids is 2. The van der Waals surface area contributed by atoms with E-state index < -0.39 is 29.2 Å². The van der Waals surface area contributed by atoms with Gasteiger partial charge in [-0.25, -0.2) is 4.79 Å². The summed E-state index contributed by atoms with van der Waals surface area (Å²) in [6.07, 6.45) is -1.91. The SMILES string of the molecule is CCOC(=O)c1ccc(-c2nn(C(=O)c3c(Cl)cccc3C(F)(F)F)c3c2CCCC3)cc1. The van der Waals surface area contributed by atoms with Crippen molar-refractivity contribution in [1.29, 1.82) is 0 Å². The molecule has 1 aromatic heterocycles. The quantitative estimate of drug-likeness (QED) is 0.435. The predicted molar refractivity (Wildman–Crippen MR) is 116 cm³/mol. The van der Waals surface area contributed by atoms with E-state index in [9.17, 15) is 22.8 Å². The van der Waals surface area contributed by atoms with Gasteiger partial charge in [-0.1, -0.05) is 29.8 Å². The molecule has 9 heteroatoms. The number of nitrogens with zero attached hydrogens (tertiary/aromatic N) is 2. The largest absolute Gasteiger partial charge is 0.462 e. The van der Waals surface area contributed by atoms with Gasteiger partial charge in [0.05, 0.1) is 39.7 Å². The summed E-state index contributed by atoms with van der Waals surface area (Å²) in [7, 11) is 0. The summed E-state index contributed by atoms with van der Waals surface area (Å²) < 4.78 is 46.8. The van der Waals surface area contributed by atoms with Crippen LogP contribution in [0.15, 0.2) is 42.5 Å². The van der Waals surface area contributed by atoms with E-state index >= 15 is 0 Å². The summed E-state index contributed by atoms with van der Waals surface area (Å²) in [5, 5.41) is 4.16. The van der Waals surface area contributed by atoms with E-state index in [4.69, 9.17) is 16.3 Å². The minimum atomic E-state index is -4.74. The molecule has 0 amide bonds. The van der Waals surface area contributed by atoms with Gasteiger partial charge in [0.25, 0.3) is 5.91 Å². The summed E-state index contributed by atoms with van der Waals surface area (Å²) in [4.78, 5) is 25.3. The molecule has 0 bridgehead atoms. The standard InChI is InChI=1S/C24H20ClF3N2O3/c1-2-33-23(32)15-12-10-14(11-13-15)21-16-6-3-4-9-19(16)30(29-21)22(31)20-17(24(26,27)28)7-5-8-18(20)25/h5,7-8,10-13H,2-4,6,9H2,1H3. The number of fused-ring (bicyclic) bond motifs is 1. The number of benzene rings is 2. The second kappa shape index (κ2) is 9.02. The number of hydrogen-bond donors (Lipinski definition) is 0. The molecule has 0 saturated carbocycles. The van der Waals surface area contributed by atoms with Gasteiger partial charge in [0.1, 0.15) is 0 Å². The maximum Gasteiger partial charge on any atom is 0.417 e. The molecule has 0 saturated heterocycles. The smallest absolute Gasteiger partial charge is 0.417 e. The van der Waals surface area contributed by atoms with Gasteiger partial charge in [0.2, 0.25) is 0 Å². The van der Waals surface area contributed by atoms with Crippen LogP contribution in [-0.2, 0) is 23.8 Å². The highest BCUT2D eigenvalue weighted by molar-refractivity contribution is 6.34. The number of hydrogen-bond acceptors (Lipinski definition) is 4. The van der Waals surface area contributed by atoms with Gasteiger partial charge in [-0.3, -0.25) is 4.79 Å². The second-order valence-electron chi connectivity index (χ2n) is 7.66. The van der Waals surface area contributed by atoms with Crippen LogP contribution in [0.5, 0.6) is 0 Å². The van der Waals surface area contributed by atoms with Gasteiger partial charge in [0, 0.05) is 11.1 Å². The van der Waals surface area contributed by atoms with Gasteiger partial charge < -0.3 is 4.74 Å². The highest BCUT2D eigenvalue weighted by Gasteiger charge is 2.38. The molecule has 0 N–H and O–H groups in total. The molecule has 0 spiro atoms. The highest BCUT2D eigenvalue weighted by Crippen LogP contribution is 2.37. The molecule has 0 unspecified atom stereocenters. The minimum absolute atomic E-state index is 0.253. The molecule has 1 heterocycles. The maximum atomic E-state index is 13.6. The molecule has 2 aromatic carbocycles. The van der Waals surface area contributed by atoms with E-state index in [0.717, 1.165) is 35.2 Å². The van der Waals surface area contributed by atoms with Crippen LogP contribution in [0.3, 0.4) is 0 Å². The Bertz CT molecular complexity index is 1220. The first-order valence-corrected chi connectivity index (χ1v) is 10.9. The maximum absolute atomic E-state index is 13.6. The van der Waals surface area contributed by atoms with E-state index in [-0.39, 0.29) is 11.6 Å². The zero-order valence-electron chi connectivity index (χ0n) is 17.7.